The molecule has 0 bridgehead atoms. The average molecular weight is 371 g/mol. The van der Waals surface area contributed by atoms with E-state index in [1.54, 1.807) is 0 Å². The summed E-state index contributed by atoms with van der Waals surface area (Å²) in [6.45, 7) is 4.44. The van der Waals surface area contributed by atoms with E-state index >= 15 is 0 Å². The number of hydrogen-bond acceptors (Lipinski definition) is 0. The van der Waals surface area contributed by atoms with E-state index in [1.165, 1.54) is 61.6 Å². The molecule has 0 N–H and O–H groups in total. The third kappa shape index (κ3) is 6.13. The van der Waals surface area contributed by atoms with E-state index in [0.29, 0.717) is 5.92 Å². The first-order valence-electron chi connectivity index (χ1n) is 11.1. The Morgan fingerprint density at radius 1 is 0.857 bits per heavy atom. The van der Waals surface area contributed by atoms with Crippen LogP contribution in [0.1, 0.15) is 80.5 Å². The largest absolute Gasteiger partial charge is 0.0730 e. The van der Waals surface area contributed by atoms with Gasteiger partial charge in [0, 0.05) is 5.56 Å². The Labute approximate surface area is 172 Å². The van der Waals surface area contributed by atoms with Gasteiger partial charge in [0.15, 0.2) is 0 Å². The van der Waals surface area contributed by atoms with Gasteiger partial charge >= 0.3 is 0 Å². The van der Waals surface area contributed by atoms with Crippen LogP contribution in [0.4, 0.5) is 0 Å². The molecule has 1 saturated carbocycles. The van der Waals surface area contributed by atoms with Gasteiger partial charge in [0.25, 0.3) is 0 Å². The molecule has 0 heterocycles. The molecule has 0 aromatic heterocycles. The third-order valence-corrected chi connectivity index (χ3v) is 6.07. The minimum atomic E-state index is 0.692. The van der Waals surface area contributed by atoms with E-state index in [9.17, 15) is 0 Å². The van der Waals surface area contributed by atoms with Crippen molar-refractivity contribution in [2.45, 2.75) is 71.1 Å². The van der Waals surface area contributed by atoms with E-state index in [4.69, 9.17) is 0 Å². The lowest BCUT2D eigenvalue weighted by atomic mass is 9.78. The van der Waals surface area contributed by atoms with Crippen molar-refractivity contribution in [1.29, 1.82) is 0 Å². The molecular weight excluding hydrogens is 336 g/mol. The first-order chi connectivity index (χ1) is 13.8. The molecule has 2 aromatic carbocycles. The minimum Gasteiger partial charge on any atom is -0.0730 e. The predicted molar refractivity (Wildman–Crippen MR) is 122 cm³/mol. The van der Waals surface area contributed by atoms with Crippen LogP contribution in [0.25, 0.3) is 0 Å². The summed E-state index contributed by atoms with van der Waals surface area (Å²) in [6.07, 6.45) is 14.4. The van der Waals surface area contributed by atoms with Crippen molar-refractivity contribution in [3.63, 3.8) is 0 Å². The van der Waals surface area contributed by atoms with Crippen LogP contribution in [0.15, 0.2) is 60.7 Å². The second-order valence-electron chi connectivity index (χ2n) is 8.14. The summed E-state index contributed by atoms with van der Waals surface area (Å²) in [5, 5.41) is 0. The van der Waals surface area contributed by atoms with E-state index in [0.717, 1.165) is 17.9 Å². The molecule has 0 spiro atoms. The van der Waals surface area contributed by atoms with Crippen molar-refractivity contribution in [3.05, 3.63) is 82.9 Å². The molecule has 0 saturated heterocycles. The quantitative estimate of drug-likeness (QED) is 0.462. The maximum absolute atomic E-state index is 3.25. The molecule has 1 aliphatic rings. The number of benzene rings is 2. The smallest absolute Gasteiger partial charge is 0.0249 e. The maximum atomic E-state index is 3.25. The molecular formula is C28H34. The van der Waals surface area contributed by atoms with Crippen molar-refractivity contribution in [1.82, 2.24) is 0 Å². The van der Waals surface area contributed by atoms with E-state index in [1.807, 2.05) is 0 Å². The summed E-state index contributed by atoms with van der Waals surface area (Å²) in [6, 6.07) is 18.0. The molecule has 0 unspecified atom stereocenters. The predicted octanol–water partition coefficient (Wildman–Crippen LogP) is 7.47. The van der Waals surface area contributed by atoms with Crippen LogP contribution in [0, 0.1) is 17.8 Å². The van der Waals surface area contributed by atoms with Gasteiger partial charge in [-0.1, -0.05) is 74.6 Å². The SMILES string of the molecule is CCCCc1ccc([C@H]2CC[C@H](/C=C/C#Cc3ccc(CC)cc3)CC2)cc1. The molecule has 0 amide bonds. The monoisotopic (exact) mass is 370 g/mol. The Balaban J connectivity index is 1.46. The Kier molecular flexibility index (Phi) is 7.98. The molecule has 3 rings (SSSR count). The van der Waals surface area contributed by atoms with Gasteiger partial charge in [-0.15, -0.1) is 0 Å². The Morgan fingerprint density at radius 2 is 1.54 bits per heavy atom. The highest BCUT2D eigenvalue weighted by molar-refractivity contribution is 5.38. The zero-order valence-corrected chi connectivity index (χ0v) is 17.6. The summed E-state index contributed by atoms with van der Waals surface area (Å²) in [5.74, 6) is 7.91. The molecule has 1 aliphatic carbocycles. The van der Waals surface area contributed by atoms with Crippen molar-refractivity contribution >= 4 is 0 Å². The highest BCUT2D eigenvalue weighted by Crippen LogP contribution is 2.36. The third-order valence-electron chi connectivity index (χ3n) is 6.07. The maximum Gasteiger partial charge on any atom is 0.0249 e. The summed E-state index contributed by atoms with van der Waals surface area (Å²) in [5.41, 5.74) is 5.50. The molecule has 2 aromatic rings. The summed E-state index contributed by atoms with van der Waals surface area (Å²) in [4.78, 5) is 0. The van der Waals surface area contributed by atoms with Gasteiger partial charge in [-0.05, 0) is 91.7 Å². The van der Waals surface area contributed by atoms with Crippen LogP contribution in [-0.4, -0.2) is 0 Å². The molecule has 0 heteroatoms. The van der Waals surface area contributed by atoms with Crippen molar-refractivity contribution in [2.75, 3.05) is 0 Å². The van der Waals surface area contributed by atoms with Crippen molar-refractivity contribution < 1.29 is 0 Å². The number of aryl methyl sites for hydroxylation is 2. The normalized spacial score (nSPS) is 19.4. The molecule has 0 nitrogen and oxygen atoms in total. The first-order valence-corrected chi connectivity index (χ1v) is 11.1. The number of hydrogen-bond donors (Lipinski definition) is 0. The fraction of sp³-hybridized carbons (Fsp3) is 0.429. The van der Waals surface area contributed by atoms with Crippen LogP contribution >= 0.6 is 0 Å². The van der Waals surface area contributed by atoms with Crippen LogP contribution in [-0.2, 0) is 12.8 Å². The molecule has 0 atom stereocenters. The van der Waals surface area contributed by atoms with Gasteiger partial charge in [0.05, 0.1) is 0 Å². The lowest BCUT2D eigenvalue weighted by Gasteiger charge is -2.27. The van der Waals surface area contributed by atoms with Gasteiger partial charge in [-0.25, -0.2) is 0 Å². The number of rotatable bonds is 6. The van der Waals surface area contributed by atoms with Crippen molar-refractivity contribution in [2.24, 2.45) is 5.92 Å². The summed E-state index contributed by atoms with van der Waals surface area (Å²) in [7, 11) is 0. The second kappa shape index (κ2) is 10.9. The van der Waals surface area contributed by atoms with E-state index in [-0.39, 0.29) is 0 Å². The lowest BCUT2D eigenvalue weighted by Crippen LogP contribution is -2.11. The molecule has 146 valence electrons. The molecule has 28 heavy (non-hydrogen) atoms. The Morgan fingerprint density at radius 3 is 2.18 bits per heavy atom. The fourth-order valence-electron chi connectivity index (χ4n) is 4.12. The van der Waals surface area contributed by atoms with Crippen LogP contribution in [0.5, 0.6) is 0 Å². The Bertz CT molecular complexity index is 788. The van der Waals surface area contributed by atoms with E-state index < -0.39 is 0 Å². The van der Waals surface area contributed by atoms with E-state index in [2.05, 4.69) is 86.4 Å². The highest BCUT2D eigenvalue weighted by Gasteiger charge is 2.20. The fourth-order valence-corrected chi connectivity index (χ4v) is 4.12. The van der Waals surface area contributed by atoms with Gasteiger partial charge in [0.1, 0.15) is 0 Å². The van der Waals surface area contributed by atoms with Crippen LogP contribution in [0.2, 0.25) is 0 Å². The average Bonchev–Trinajstić information content (AvgIpc) is 2.76. The standard InChI is InChI=1S/C28H34/c1-3-5-8-24-15-19-27(20-16-24)28-21-17-26(18-22-28)10-7-6-9-25-13-11-23(4-2)12-14-25/h7,10-16,19-20,26,28H,3-5,8,17-18,21-22H2,1-2H3/b10-7+/t26-,28-. The summed E-state index contributed by atoms with van der Waals surface area (Å²) >= 11 is 0. The number of unbranched alkanes of at least 4 members (excludes halogenated alkanes) is 1. The Hall–Kier alpha value is -2.26. The lowest BCUT2D eigenvalue weighted by molar-refractivity contribution is 0.376. The molecule has 0 radical (unpaired) electrons. The van der Waals surface area contributed by atoms with Crippen LogP contribution in [0.3, 0.4) is 0 Å². The number of allylic oxidation sites excluding steroid dienone is 2. The topological polar surface area (TPSA) is 0 Å². The first kappa shape index (κ1) is 20.5. The van der Waals surface area contributed by atoms with Gasteiger partial charge in [0.2, 0.25) is 0 Å². The van der Waals surface area contributed by atoms with Crippen LogP contribution < -0.4 is 0 Å². The zero-order valence-electron chi connectivity index (χ0n) is 17.6. The zero-order chi connectivity index (χ0) is 19.6. The van der Waals surface area contributed by atoms with Gasteiger partial charge in [-0.3, -0.25) is 0 Å². The molecule has 1 fully saturated rings. The van der Waals surface area contributed by atoms with Crippen molar-refractivity contribution in [3.8, 4) is 11.8 Å². The summed E-state index contributed by atoms with van der Waals surface area (Å²) < 4.78 is 0. The van der Waals surface area contributed by atoms with Gasteiger partial charge < -0.3 is 0 Å². The highest BCUT2D eigenvalue weighted by atomic mass is 14.3. The minimum absolute atomic E-state index is 0.692. The second-order valence-corrected chi connectivity index (χ2v) is 8.14. The van der Waals surface area contributed by atoms with Gasteiger partial charge in [-0.2, -0.15) is 0 Å². The molecule has 0 aliphatic heterocycles.